The van der Waals surface area contributed by atoms with E-state index in [-0.39, 0.29) is 6.10 Å². The number of aliphatic hydroxyl groups is 1. The van der Waals surface area contributed by atoms with Gasteiger partial charge in [-0.15, -0.1) is 0 Å². The van der Waals surface area contributed by atoms with Crippen molar-refractivity contribution < 1.29 is 5.11 Å². The van der Waals surface area contributed by atoms with Gasteiger partial charge in [0.05, 0.1) is 6.10 Å². The molecule has 1 rings (SSSR count). The van der Waals surface area contributed by atoms with Crippen molar-refractivity contribution in [2.75, 3.05) is 0 Å². The lowest BCUT2D eigenvalue weighted by atomic mass is 9.98. The third-order valence-corrected chi connectivity index (χ3v) is 1.57. The van der Waals surface area contributed by atoms with Crippen LogP contribution in [0.3, 0.4) is 0 Å². The maximum atomic E-state index is 8.91. The van der Waals surface area contributed by atoms with Crippen LogP contribution in [0.2, 0.25) is 0 Å². The average molecular weight is 190 g/mol. The average Bonchev–Trinajstić information content (AvgIpc) is 2.28. The minimum atomic E-state index is 0.0359. The molecule has 13 heavy (non-hydrogen) atoms. The summed E-state index contributed by atoms with van der Waals surface area (Å²) in [6.07, 6.45) is 5.92. The zero-order valence-corrected chi connectivity index (χ0v) is 10.6. The van der Waals surface area contributed by atoms with Crippen molar-refractivity contribution in [1.29, 1.82) is 0 Å². The molecule has 0 radical (unpaired) electrons. The highest BCUT2D eigenvalue weighted by Crippen LogP contribution is 2.16. The van der Waals surface area contributed by atoms with Gasteiger partial charge in [0, 0.05) is 0 Å². The van der Waals surface area contributed by atoms with Crippen LogP contribution in [0.25, 0.3) is 0 Å². The van der Waals surface area contributed by atoms with Crippen molar-refractivity contribution in [2.45, 2.75) is 79.8 Å². The molecule has 1 aliphatic carbocycles. The molecule has 0 spiro atoms. The van der Waals surface area contributed by atoms with Crippen molar-refractivity contribution in [3.8, 4) is 0 Å². The molecule has 0 saturated heterocycles. The van der Waals surface area contributed by atoms with Crippen LogP contribution in [0.15, 0.2) is 0 Å². The van der Waals surface area contributed by atoms with E-state index in [1.807, 2.05) is 41.5 Å². The molecule has 1 aliphatic rings. The van der Waals surface area contributed by atoms with Gasteiger partial charge in [-0.1, -0.05) is 60.8 Å². The third-order valence-electron chi connectivity index (χ3n) is 1.57. The highest BCUT2D eigenvalue weighted by Gasteiger charge is 2.07. The zero-order chi connectivity index (χ0) is 11.1. The molecule has 0 bridgehead atoms. The summed E-state index contributed by atoms with van der Waals surface area (Å²) in [5.41, 5.74) is 0. The van der Waals surface area contributed by atoms with Crippen molar-refractivity contribution >= 4 is 0 Å². The van der Waals surface area contributed by atoms with E-state index in [1.165, 1.54) is 19.3 Å². The molecule has 0 aliphatic heterocycles. The minimum Gasteiger partial charge on any atom is -0.393 e. The molecule has 0 aromatic rings. The second-order valence-corrected chi connectivity index (χ2v) is 2.29. The quantitative estimate of drug-likeness (QED) is 0.600. The summed E-state index contributed by atoms with van der Waals surface area (Å²) in [6, 6.07) is 0. The lowest BCUT2D eigenvalue weighted by Gasteiger charge is -2.14. The van der Waals surface area contributed by atoms with Gasteiger partial charge in [-0.2, -0.15) is 0 Å². The molecule has 0 aromatic carbocycles. The van der Waals surface area contributed by atoms with Gasteiger partial charge in [0.1, 0.15) is 0 Å². The summed E-state index contributed by atoms with van der Waals surface area (Å²) in [5, 5.41) is 8.91. The Labute approximate surface area is 85.6 Å². The molecule has 1 fully saturated rings. The van der Waals surface area contributed by atoms with Gasteiger partial charge in [-0.05, 0) is 12.8 Å². The monoisotopic (exact) mass is 190 g/mol. The maximum Gasteiger partial charge on any atom is 0.0540 e. The Hall–Kier alpha value is -0.0400. The van der Waals surface area contributed by atoms with Gasteiger partial charge < -0.3 is 5.11 Å². The fraction of sp³-hybridized carbons (Fsp3) is 1.00. The molecule has 1 saturated carbocycles. The van der Waals surface area contributed by atoms with Crippen LogP contribution in [-0.2, 0) is 0 Å². The molecule has 0 amide bonds. The zero-order valence-electron chi connectivity index (χ0n) is 10.6. The molecular weight excluding hydrogens is 160 g/mol. The van der Waals surface area contributed by atoms with Crippen LogP contribution in [0.1, 0.15) is 73.6 Å². The van der Waals surface area contributed by atoms with Crippen LogP contribution in [-0.4, -0.2) is 11.2 Å². The third kappa shape index (κ3) is 18.7. The Morgan fingerprint density at radius 3 is 1.15 bits per heavy atom. The maximum absolute atomic E-state index is 8.91. The van der Waals surface area contributed by atoms with Crippen LogP contribution in [0.4, 0.5) is 0 Å². The molecule has 0 unspecified atom stereocenters. The molecule has 1 heteroatoms. The summed E-state index contributed by atoms with van der Waals surface area (Å²) in [5.74, 6) is 0. The summed E-state index contributed by atoms with van der Waals surface area (Å²) < 4.78 is 0. The van der Waals surface area contributed by atoms with Gasteiger partial charge in [0.15, 0.2) is 0 Å². The molecule has 0 heterocycles. The van der Waals surface area contributed by atoms with Crippen LogP contribution >= 0.6 is 0 Å². The minimum absolute atomic E-state index is 0.0359. The van der Waals surface area contributed by atoms with Crippen molar-refractivity contribution in [1.82, 2.24) is 0 Å². The van der Waals surface area contributed by atoms with Gasteiger partial charge in [0.25, 0.3) is 0 Å². The number of hydrogen-bond donors (Lipinski definition) is 1. The highest BCUT2D eigenvalue weighted by molar-refractivity contribution is 4.61. The van der Waals surface area contributed by atoms with E-state index in [1.54, 1.807) is 0 Å². The molecular formula is C12H30O. The molecule has 0 aromatic heterocycles. The standard InChI is InChI=1S/C6H12O.3C2H6/c7-6-4-2-1-3-5-6;3*1-2/h6-7H,1-5H2;3*1-2H3. The fourth-order valence-corrected chi connectivity index (χ4v) is 1.08. The smallest absolute Gasteiger partial charge is 0.0540 e. The summed E-state index contributed by atoms with van der Waals surface area (Å²) >= 11 is 0. The van der Waals surface area contributed by atoms with Crippen LogP contribution in [0.5, 0.6) is 0 Å². The van der Waals surface area contributed by atoms with Gasteiger partial charge in [-0.3, -0.25) is 0 Å². The van der Waals surface area contributed by atoms with E-state index in [9.17, 15) is 0 Å². The van der Waals surface area contributed by atoms with Gasteiger partial charge in [0.2, 0.25) is 0 Å². The van der Waals surface area contributed by atoms with Gasteiger partial charge in [-0.25, -0.2) is 0 Å². The SMILES string of the molecule is CC.CC.CC.OC1CCCCC1. The first kappa shape index (κ1) is 18.7. The Morgan fingerprint density at radius 2 is 1.00 bits per heavy atom. The first-order valence-electron chi connectivity index (χ1n) is 6.07. The predicted molar refractivity (Wildman–Crippen MR) is 63.1 cm³/mol. The number of aliphatic hydroxyl groups excluding tert-OH is 1. The number of hydrogen-bond acceptors (Lipinski definition) is 1. The molecule has 0 atom stereocenters. The van der Waals surface area contributed by atoms with Crippen LogP contribution in [0, 0.1) is 0 Å². The van der Waals surface area contributed by atoms with Crippen molar-refractivity contribution in [3.63, 3.8) is 0 Å². The Balaban J connectivity index is -0.000000144. The first-order chi connectivity index (χ1) is 6.39. The van der Waals surface area contributed by atoms with E-state index in [0.717, 1.165) is 12.8 Å². The summed E-state index contributed by atoms with van der Waals surface area (Å²) in [6.45, 7) is 12.0. The normalized spacial score (nSPS) is 15.0. The lowest BCUT2D eigenvalue weighted by molar-refractivity contribution is 0.130. The van der Waals surface area contributed by atoms with Crippen molar-refractivity contribution in [3.05, 3.63) is 0 Å². The Kier molecular flexibility index (Phi) is 32.6. The molecule has 84 valence electrons. The molecule has 1 N–H and O–H groups in total. The van der Waals surface area contributed by atoms with E-state index < -0.39 is 0 Å². The largest absolute Gasteiger partial charge is 0.393 e. The Bertz CT molecular complexity index is 47.1. The van der Waals surface area contributed by atoms with E-state index in [0.29, 0.717) is 0 Å². The van der Waals surface area contributed by atoms with E-state index in [2.05, 4.69) is 0 Å². The predicted octanol–water partition coefficient (Wildman–Crippen LogP) is 4.39. The topological polar surface area (TPSA) is 20.2 Å². The summed E-state index contributed by atoms with van der Waals surface area (Å²) in [4.78, 5) is 0. The second kappa shape index (κ2) is 22.7. The van der Waals surface area contributed by atoms with E-state index >= 15 is 0 Å². The lowest BCUT2D eigenvalue weighted by Crippen LogP contribution is -2.09. The first-order valence-corrected chi connectivity index (χ1v) is 6.07. The Morgan fingerprint density at radius 1 is 0.692 bits per heavy atom. The second-order valence-electron chi connectivity index (χ2n) is 2.29. The van der Waals surface area contributed by atoms with Crippen LogP contribution < -0.4 is 0 Å². The molecule has 1 nitrogen and oxygen atoms in total. The summed E-state index contributed by atoms with van der Waals surface area (Å²) in [7, 11) is 0. The van der Waals surface area contributed by atoms with Gasteiger partial charge >= 0.3 is 0 Å². The highest BCUT2D eigenvalue weighted by atomic mass is 16.3. The fourth-order valence-electron chi connectivity index (χ4n) is 1.08. The van der Waals surface area contributed by atoms with E-state index in [4.69, 9.17) is 5.11 Å². The van der Waals surface area contributed by atoms with Crippen molar-refractivity contribution in [2.24, 2.45) is 0 Å². The number of rotatable bonds is 0.